The number of benzene rings is 1. The van der Waals surface area contributed by atoms with E-state index in [1.165, 1.54) is 6.08 Å². The Morgan fingerprint density at radius 1 is 1.48 bits per heavy atom. The second-order valence-electron chi connectivity index (χ2n) is 4.61. The molecule has 1 atom stereocenters. The summed E-state index contributed by atoms with van der Waals surface area (Å²) in [6.07, 6.45) is 4.85. The van der Waals surface area contributed by atoms with Gasteiger partial charge in [-0.3, -0.25) is 4.79 Å². The minimum atomic E-state index is -1.03. The number of aliphatic carboxylic acids is 1. The number of nitrogens with one attached hydrogen (secondary N) is 1. The average molecular weight is 286 g/mol. The summed E-state index contributed by atoms with van der Waals surface area (Å²) >= 11 is 0. The molecule has 0 unspecified atom stereocenters. The molecule has 0 saturated heterocycles. The maximum atomic E-state index is 11.7. The predicted molar refractivity (Wildman–Crippen MR) is 79.3 cm³/mol. The van der Waals surface area contributed by atoms with Crippen LogP contribution in [0.1, 0.15) is 37.3 Å². The molecule has 0 aliphatic carbocycles. The SMILES string of the molecule is CCCC[C@H](NC(=O)/C=C/c1cccc(C#N)c1)C(=O)O. The molecule has 1 aromatic carbocycles. The highest BCUT2D eigenvalue weighted by molar-refractivity contribution is 5.94. The third kappa shape index (κ3) is 5.91. The third-order valence-corrected chi connectivity index (χ3v) is 2.90. The standard InChI is InChI=1S/C16H18N2O3/c1-2-3-7-14(16(20)21)18-15(19)9-8-12-5-4-6-13(10-12)11-17/h4-6,8-10,14H,2-3,7H2,1H3,(H,18,19)(H,20,21)/b9-8+/t14-/m0/s1. The molecule has 0 bridgehead atoms. The number of carbonyl (C=O) groups excluding carboxylic acids is 1. The van der Waals surface area contributed by atoms with E-state index in [4.69, 9.17) is 10.4 Å². The molecule has 0 fully saturated rings. The highest BCUT2D eigenvalue weighted by atomic mass is 16.4. The second-order valence-corrected chi connectivity index (χ2v) is 4.61. The van der Waals surface area contributed by atoms with Gasteiger partial charge < -0.3 is 10.4 Å². The van der Waals surface area contributed by atoms with Crippen LogP contribution in [0.4, 0.5) is 0 Å². The number of amides is 1. The van der Waals surface area contributed by atoms with Gasteiger partial charge >= 0.3 is 5.97 Å². The van der Waals surface area contributed by atoms with E-state index in [0.717, 1.165) is 12.8 Å². The number of carbonyl (C=O) groups is 2. The Hall–Kier alpha value is -2.61. The van der Waals surface area contributed by atoms with Crippen LogP contribution < -0.4 is 5.32 Å². The van der Waals surface area contributed by atoms with E-state index in [-0.39, 0.29) is 0 Å². The van der Waals surface area contributed by atoms with Crippen LogP contribution in [0.5, 0.6) is 0 Å². The summed E-state index contributed by atoms with van der Waals surface area (Å²) in [5, 5.41) is 20.3. The number of carboxylic acids is 1. The van der Waals surface area contributed by atoms with Gasteiger partial charge in [0.25, 0.3) is 0 Å². The van der Waals surface area contributed by atoms with E-state index in [1.807, 2.05) is 13.0 Å². The van der Waals surface area contributed by atoms with Gasteiger partial charge in [-0.25, -0.2) is 4.79 Å². The highest BCUT2D eigenvalue weighted by Crippen LogP contribution is 2.06. The van der Waals surface area contributed by atoms with Gasteiger partial charge in [0.2, 0.25) is 5.91 Å². The largest absolute Gasteiger partial charge is 0.480 e. The molecule has 1 amide bonds. The molecule has 0 saturated carbocycles. The third-order valence-electron chi connectivity index (χ3n) is 2.90. The first-order valence-corrected chi connectivity index (χ1v) is 6.78. The molecular weight excluding hydrogens is 268 g/mol. The highest BCUT2D eigenvalue weighted by Gasteiger charge is 2.17. The van der Waals surface area contributed by atoms with Crippen molar-refractivity contribution in [2.75, 3.05) is 0 Å². The number of unbranched alkanes of at least 4 members (excludes halogenated alkanes) is 1. The van der Waals surface area contributed by atoms with Crippen molar-refractivity contribution in [1.82, 2.24) is 5.32 Å². The van der Waals surface area contributed by atoms with Gasteiger partial charge in [0.05, 0.1) is 11.6 Å². The normalized spacial score (nSPS) is 11.8. The Morgan fingerprint density at radius 3 is 2.86 bits per heavy atom. The Balaban J connectivity index is 2.64. The monoisotopic (exact) mass is 286 g/mol. The van der Waals surface area contributed by atoms with Crippen molar-refractivity contribution in [3.05, 3.63) is 41.5 Å². The molecular formula is C16H18N2O3. The summed E-state index contributed by atoms with van der Waals surface area (Å²) in [7, 11) is 0. The lowest BCUT2D eigenvalue weighted by Crippen LogP contribution is -2.39. The van der Waals surface area contributed by atoms with Gasteiger partial charge in [0.15, 0.2) is 0 Å². The van der Waals surface area contributed by atoms with Crippen LogP contribution in [0.25, 0.3) is 6.08 Å². The zero-order valence-corrected chi connectivity index (χ0v) is 11.9. The molecule has 0 radical (unpaired) electrons. The lowest BCUT2D eigenvalue weighted by molar-refractivity contribution is -0.141. The summed E-state index contributed by atoms with van der Waals surface area (Å²) in [5.74, 6) is -1.49. The molecule has 1 aromatic rings. The van der Waals surface area contributed by atoms with E-state index < -0.39 is 17.9 Å². The molecule has 0 heterocycles. The van der Waals surface area contributed by atoms with E-state index in [0.29, 0.717) is 17.5 Å². The Morgan fingerprint density at radius 2 is 2.24 bits per heavy atom. The van der Waals surface area contributed by atoms with Crippen LogP contribution in [0, 0.1) is 11.3 Å². The number of hydrogen-bond acceptors (Lipinski definition) is 3. The fraction of sp³-hybridized carbons (Fsp3) is 0.312. The van der Waals surface area contributed by atoms with Gasteiger partial charge in [-0.05, 0) is 30.2 Å². The maximum absolute atomic E-state index is 11.7. The number of nitrogens with zero attached hydrogens (tertiary/aromatic N) is 1. The Kier molecular flexibility index (Phi) is 6.69. The quantitative estimate of drug-likeness (QED) is 0.753. The minimum Gasteiger partial charge on any atom is -0.480 e. The number of nitriles is 1. The molecule has 2 N–H and O–H groups in total. The van der Waals surface area contributed by atoms with Gasteiger partial charge in [0, 0.05) is 6.08 Å². The van der Waals surface area contributed by atoms with Crippen LogP contribution in [0.15, 0.2) is 30.3 Å². The lowest BCUT2D eigenvalue weighted by atomic mass is 10.1. The molecule has 1 rings (SSSR count). The Labute approximate surface area is 123 Å². The summed E-state index contributed by atoms with van der Waals surface area (Å²) < 4.78 is 0. The van der Waals surface area contributed by atoms with Crippen molar-refractivity contribution in [1.29, 1.82) is 5.26 Å². The van der Waals surface area contributed by atoms with Crippen molar-refractivity contribution < 1.29 is 14.7 Å². The fourth-order valence-electron chi connectivity index (χ4n) is 1.77. The van der Waals surface area contributed by atoms with Crippen LogP contribution >= 0.6 is 0 Å². The first-order chi connectivity index (χ1) is 10.1. The summed E-state index contributed by atoms with van der Waals surface area (Å²) in [6, 6.07) is 7.94. The lowest BCUT2D eigenvalue weighted by Gasteiger charge is -2.12. The first-order valence-electron chi connectivity index (χ1n) is 6.78. The summed E-state index contributed by atoms with van der Waals surface area (Å²) in [4.78, 5) is 22.7. The molecule has 0 aliphatic heterocycles. The molecule has 5 heteroatoms. The van der Waals surface area contributed by atoms with E-state index in [9.17, 15) is 9.59 Å². The van der Waals surface area contributed by atoms with Gasteiger partial charge in [-0.1, -0.05) is 31.9 Å². The van der Waals surface area contributed by atoms with Crippen molar-refractivity contribution >= 4 is 18.0 Å². The molecule has 0 aromatic heterocycles. The smallest absolute Gasteiger partial charge is 0.326 e. The second kappa shape index (κ2) is 8.54. The van der Waals surface area contributed by atoms with Crippen molar-refractivity contribution in [2.45, 2.75) is 32.2 Å². The average Bonchev–Trinajstić information content (AvgIpc) is 2.49. The van der Waals surface area contributed by atoms with Crippen molar-refractivity contribution in [2.24, 2.45) is 0 Å². The fourth-order valence-corrected chi connectivity index (χ4v) is 1.77. The van der Waals surface area contributed by atoms with Gasteiger partial charge in [-0.2, -0.15) is 5.26 Å². The van der Waals surface area contributed by atoms with Crippen LogP contribution in [0.3, 0.4) is 0 Å². The minimum absolute atomic E-state index is 0.412. The zero-order chi connectivity index (χ0) is 15.7. The van der Waals surface area contributed by atoms with Crippen LogP contribution in [-0.4, -0.2) is 23.0 Å². The molecule has 5 nitrogen and oxygen atoms in total. The van der Waals surface area contributed by atoms with E-state index >= 15 is 0 Å². The van der Waals surface area contributed by atoms with Gasteiger partial charge in [-0.15, -0.1) is 0 Å². The van der Waals surface area contributed by atoms with Crippen molar-refractivity contribution in [3.8, 4) is 6.07 Å². The first kappa shape index (κ1) is 16.4. The molecule has 0 spiro atoms. The van der Waals surface area contributed by atoms with Crippen LogP contribution in [0.2, 0.25) is 0 Å². The number of rotatable bonds is 7. The molecule has 21 heavy (non-hydrogen) atoms. The van der Waals surface area contributed by atoms with Crippen LogP contribution in [-0.2, 0) is 9.59 Å². The Bertz CT molecular complexity index is 573. The number of hydrogen-bond donors (Lipinski definition) is 2. The topological polar surface area (TPSA) is 90.2 Å². The molecule has 110 valence electrons. The zero-order valence-electron chi connectivity index (χ0n) is 11.9. The predicted octanol–water partition coefficient (Wildman–Crippen LogP) is 2.33. The van der Waals surface area contributed by atoms with E-state index in [2.05, 4.69) is 5.32 Å². The number of carboxylic acid groups (broad SMARTS) is 1. The maximum Gasteiger partial charge on any atom is 0.326 e. The van der Waals surface area contributed by atoms with E-state index in [1.54, 1.807) is 30.3 Å². The summed E-state index contributed by atoms with van der Waals surface area (Å²) in [5.41, 5.74) is 1.22. The van der Waals surface area contributed by atoms with Gasteiger partial charge in [0.1, 0.15) is 6.04 Å². The molecule has 0 aliphatic rings. The van der Waals surface area contributed by atoms with Crippen molar-refractivity contribution in [3.63, 3.8) is 0 Å². The summed E-state index contributed by atoms with van der Waals surface area (Å²) in [6.45, 7) is 1.96.